The van der Waals surface area contributed by atoms with Crippen molar-refractivity contribution in [2.24, 2.45) is 0 Å². The van der Waals surface area contributed by atoms with Crippen LogP contribution in [-0.2, 0) is 6.18 Å². The van der Waals surface area contributed by atoms with Gasteiger partial charge in [0.25, 0.3) is 0 Å². The molecule has 0 bridgehead atoms. The Hall–Kier alpha value is -2.30. The Bertz CT molecular complexity index is 618. The summed E-state index contributed by atoms with van der Waals surface area (Å²) in [5.74, 6) is -0.543. The van der Waals surface area contributed by atoms with Gasteiger partial charge >= 0.3 is 6.18 Å². The summed E-state index contributed by atoms with van der Waals surface area (Å²) >= 11 is 0. The van der Waals surface area contributed by atoms with Crippen molar-refractivity contribution < 1.29 is 17.6 Å². The molecule has 1 N–H and O–H groups in total. The van der Waals surface area contributed by atoms with E-state index in [1.54, 1.807) is 24.3 Å². The number of anilines is 1. The van der Waals surface area contributed by atoms with Crippen LogP contribution in [-0.4, -0.2) is 6.54 Å². The van der Waals surface area contributed by atoms with Crippen LogP contribution in [0.3, 0.4) is 0 Å². The van der Waals surface area contributed by atoms with Crippen molar-refractivity contribution >= 4 is 11.8 Å². The molecule has 5 heteroatoms. The van der Waals surface area contributed by atoms with E-state index in [-0.39, 0.29) is 12.1 Å². The molecule has 1 nitrogen and oxygen atoms in total. The summed E-state index contributed by atoms with van der Waals surface area (Å²) in [6.45, 7) is -0.0831. The molecular formula is C16H13F4N. The molecule has 0 atom stereocenters. The van der Waals surface area contributed by atoms with Crippen molar-refractivity contribution in [1.29, 1.82) is 0 Å². The molecule has 0 aromatic heterocycles. The molecule has 0 saturated heterocycles. The van der Waals surface area contributed by atoms with Crippen molar-refractivity contribution in [2.75, 3.05) is 11.9 Å². The van der Waals surface area contributed by atoms with Crippen molar-refractivity contribution in [2.45, 2.75) is 6.18 Å². The van der Waals surface area contributed by atoms with Gasteiger partial charge in [-0.15, -0.1) is 0 Å². The molecule has 0 saturated carbocycles. The van der Waals surface area contributed by atoms with Gasteiger partial charge in [-0.25, -0.2) is 4.39 Å². The van der Waals surface area contributed by atoms with Crippen LogP contribution in [0.15, 0.2) is 60.4 Å². The largest absolute Gasteiger partial charge is 0.416 e. The van der Waals surface area contributed by atoms with E-state index in [4.69, 9.17) is 0 Å². The van der Waals surface area contributed by atoms with Gasteiger partial charge in [0, 0.05) is 5.69 Å². The molecule has 0 unspecified atom stereocenters. The standard InChI is InChI=1S/C16H13F4N/c17-14(11-21-15-7-2-1-3-8-15)10-12-5-4-6-13(9-12)16(18,19)20/h1-10,21H,11H2/b14-10-. The Balaban J connectivity index is 2.05. The predicted molar refractivity (Wildman–Crippen MR) is 75.5 cm³/mol. The fourth-order valence-electron chi connectivity index (χ4n) is 1.78. The van der Waals surface area contributed by atoms with Crippen LogP contribution < -0.4 is 5.32 Å². The molecule has 0 aliphatic carbocycles. The van der Waals surface area contributed by atoms with E-state index in [0.717, 1.165) is 23.9 Å². The summed E-state index contributed by atoms with van der Waals surface area (Å²) in [5, 5.41) is 2.84. The Morgan fingerprint density at radius 3 is 2.38 bits per heavy atom. The number of halogens is 4. The van der Waals surface area contributed by atoms with E-state index >= 15 is 0 Å². The predicted octanol–water partition coefficient (Wildman–Crippen LogP) is 5.13. The number of hydrogen-bond donors (Lipinski definition) is 1. The average molecular weight is 295 g/mol. The fraction of sp³-hybridized carbons (Fsp3) is 0.125. The Morgan fingerprint density at radius 1 is 1.00 bits per heavy atom. The molecular weight excluding hydrogens is 282 g/mol. The molecule has 2 aromatic carbocycles. The fourth-order valence-corrected chi connectivity index (χ4v) is 1.78. The molecule has 0 heterocycles. The first-order valence-corrected chi connectivity index (χ1v) is 6.27. The van der Waals surface area contributed by atoms with Crippen molar-refractivity contribution in [3.8, 4) is 0 Å². The van der Waals surface area contributed by atoms with Gasteiger partial charge in [0.1, 0.15) is 5.83 Å². The minimum Gasteiger partial charge on any atom is -0.379 e. The van der Waals surface area contributed by atoms with E-state index in [1.807, 2.05) is 6.07 Å². The third kappa shape index (κ3) is 4.63. The van der Waals surface area contributed by atoms with Crippen LogP contribution in [0.4, 0.5) is 23.2 Å². The number of benzene rings is 2. The molecule has 0 fully saturated rings. The maximum Gasteiger partial charge on any atom is 0.416 e. The molecule has 2 rings (SSSR count). The van der Waals surface area contributed by atoms with Gasteiger partial charge in [0.15, 0.2) is 0 Å². The zero-order chi connectivity index (χ0) is 15.3. The van der Waals surface area contributed by atoms with Gasteiger partial charge in [-0.05, 0) is 35.9 Å². The van der Waals surface area contributed by atoms with Crippen molar-refractivity contribution in [3.63, 3.8) is 0 Å². The number of nitrogens with one attached hydrogen (secondary N) is 1. The normalized spacial score (nSPS) is 12.3. The number of hydrogen-bond acceptors (Lipinski definition) is 1. The Labute approximate surface area is 119 Å². The van der Waals surface area contributed by atoms with E-state index in [2.05, 4.69) is 5.32 Å². The third-order valence-electron chi connectivity index (χ3n) is 2.77. The summed E-state index contributed by atoms with van der Waals surface area (Å²) in [5.41, 5.74) is 0.127. The first kappa shape index (κ1) is 15.1. The van der Waals surface area contributed by atoms with Crippen LogP contribution in [0, 0.1) is 0 Å². The number of rotatable bonds is 4. The lowest BCUT2D eigenvalue weighted by molar-refractivity contribution is -0.137. The summed E-state index contributed by atoms with van der Waals surface area (Å²) < 4.78 is 51.4. The molecule has 0 aliphatic rings. The monoisotopic (exact) mass is 295 g/mol. The number of para-hydroxylation sites is 1. The highest BCUT2D eigenvalue weighted by atomic mass is 19.4. The highest BCUT2D eigenvalue weighted by Crippen LogP contribution is 2.30. The zero-order valence-electron chi connectivity index (χ0n) is 11.0. The topological polar surface area (TPSA) is 12.0 Å². The Kier molecular flexibility index (Phi) is 4.62. The molecule has 0 radical (unpaired) electrons. The van der Waals surface area contributed by atoms with Crippen LogP contribution in [0.5, 0.6) is 0 Å². The van der Waals surface area contributed by atoms with Gasteiger partial charge in [0.05, 0.1) is 12.1 Å². The summed E-state index contributed by atoms with van der Waals surface area (Å²) in [6.07, 6.45) is -3.34. The smallest absolute Gasteiger partial charge is 0.379 e. The minimum absolute atomic E-state index is 0.0831. The van der Waals surface area contributed by atoms with Gasteiger partial charge in [-0.3, -0.25) is 0 Å². The lowest BCUT2D eigenvalue weighted by atomic mass is 10.1. The number of alkyl halides is 3. The van der Waals surface area contributed by atoms with Crippen molar-refractivity contribution in [1.82, 2.24) is 0 Å². The minimum atomic E-state index is -4.43. The molecule has 0 aliphatic heterocycles. The van der Waals surface area contributed by atoms with Crippen LogP contribution in [0.1, 0.15) is 11.1 Å². The zero-order valence-corrected chi connectivity index (χ0v) is 11.0. The van der Waals surface area contributed by atoms with Crippen molar-refractivity contribution in [3.05, 3.63) is 71.6 Å². The second-order valence-corrected chi connectivity index (χ2v) is 4.43. The van der Waals surface area contributed by atoms with E-state index < -0.39 is 17.6 Å². The SMILES string of the molecule is F/C(=C\c1cccc(C(F)(F)F)c1)CNc1ccccc1. The third-order valence-corrected chi connectivity index (χ3v) is 2.77. The molecule has 0 amide bonds. The molecule has 21 heavy (non-hydrogen) atoms. The van der Waals surface area contributed by atoms with E-state index in [9.17, 15) is 17.6 Å². The van der Waals surface area contributed by atoms with E-state index in [0.29, 0.717) is 0 Å². The lowest BCUT2D eigenvalue weighted by Gasteiger charge is -2.07. The summed E-state index contributed by atoms with van der Waals surface area (Å²) in [7, 11) is 0. The van der Waals surface area contributed by atoms with Crippen LogP contribution in [0.2, 0.25) is 0 Å². The summed E-state index contributed by atoms with van der Waals surface area (Å²) in [4.78, 5) is 0. The van der Waals surface area contributed by atoms with Gasteiger partial charge < -0.3 is 5.32 Å². The maximum atomic E-state index is 13.7. The molecule has 110 valence electrons. The second-order valence-electron chi connectivity index (χ2n) is 4.43. The van der Waals surface area contributed by atoms with Crippen LogP contribution >= 0.6 is 0 Å². The molecule has 2 aromatic rings. The van der Waals surface area contributed by atoms with E-state index in [1.165, 1.54) is 12.1 Å². The first-order valence-electron chi connectivity index (χ1n) is 6.27. The highest BCUT2D eigenvalue weighted by molar-refractivity contribution is 5.54. The average Bonchev–Trinajstić information content (AvgIpc) is 2.46. The Morgan fingerprint density at radius 2 is 1.71 bits per heavy atom. The quantitative estimate of drug-likeness (QED) is 0.771. The second kappa shape index (κ2) is 6.43. The van der Waals surface area contributed by atoms with Gasteiger partial charge in [-0.1, -0.05) is 30.3 Å². The first-order chi connectivity index (χ1) is 9.95. The maximum absolute atomic E-state index is 13.7. The molecule has 0 spiro atoms. The summed E-state index contributed by atoms with van der Waals surface area (Å²) in [6, 6.07) is 13.5. The highest BCUT2D eigenvalue weighted by Gasteiger charge is 2.30. The van der Waals surface area contributed by atoms with Gasteiger partial charge in [-0.2, -0.15) is 13.2 Å². The van der Waals surface area contributed by atoms with Gasteiger partial charge in [0.2, 0.25) is 0 Å². The van der Waals surface area contributed by atoms with Crippen LogP contribution in [0.25, 0.3) is 6.08 Å². The lowest BCUT2D eigenvalue weighted by Crippen LogP contribution is -2.05.